The van der Waals surface area contributed by atoms with E-state index in [1.54, 1.807) is 19.0 Å². The predicted molar refractivity (Wildman–Crippen MR) is 139 cm³/mol. The molecule has 0 unspecified atom stereocenters. The van der Waals surface area contributed by atoms with Gasteiger partial charge in [0, 0.05) is 51.6 Å². The number of aromatic carboxylic acids is 1. The van der Waals surface area contributed by atoms with Crippen molar-refractivity contribution in [2.75, 3.05) is 32.6 Å². The molecule has 9 heteroatoms. The predicted octanol–water partition coefficient (Wildman–Crippen LogP) is 4.05. The number of carboxylic acids is 1. The zero-order chi connectivity index (χ0) is 25.8. The van der Waals surface area contributed by atoms with Gasteiger partial charge < -0.3 is 25.0 Å². The summed E-state index contributed by atoms with van der Waals surface area (Å²) in [5.41, 5.74) is 4.08. The number of aromatic nitrogens is 2. The Kier molecular flexibility index (Phi) is 7.00. The Morgan fingerprint density at radius 1 is 1.00 bits per heavy atom. The minimum Gasteiger partial charge on any atom is -0.494 e. The minimum absolute atomic E-state index is 0.0143. The number of carboxylic acid groups (broad SMARTS) is 1. The van der Waals surface area contributed by atoms with Crippen LogP contribution in [0.4, 0.5) is 11.4 Å². The van der Waals surface area contributed by atoms with Crippen LogP contribution in [0.25, 0.3) is 11.0 Å². The number of nitrogens with zero attached hydrogens (tertiary/aromatic N) is 4. The monoisotopic (exact) mass is 485 g/mol. The van der Waals surface area contributed by atoms with E-state index in [2.05, 4.69) is 9.97 Å². The average molecular weight is 486 g/mol. The van der Waals surface area contributed by atoms with E-state index < -0.39 is 5.97 Å². The van der Waals surface area contributed by atoms with Crippen LogP contribution in [0.5, 0.6) is 5.88 Å². The van der Waals surface area contributed by atoms with Crippen LogP contribution in [0.15, 0.2) is 71.9 Å². The van der Waals surface area contributed by atoms with Gasteiger partial charge in [0.2, 0.25) is 11.8 Å². The fourth-order valence-electron chi connectivity index (χ4n) is 3.79. The highest BCUT2D eigenvalue weighted by Gasteiger charge is 2.21. The normalized spacial score (nSPS) is 11.5. The Balaban J connectivity index is 1.71. The number of aromatic hydroxyl groups is 1. The quantitative estimate of drug-likeness (QED) is 0.324. The van der Waals surface area contributed by atoms with E-state index in [9.17, 15) is 19.8 Å². The van der Waals surface area contributed by atoms with E-state index in [0.717, 1.165) is 11.3 Å². The molecule has 0 bridgehead atoms. The lowest BCUT2D eigenvalue weighted by Crippen LogP contribution is -2.27. The molecule has 0 atom stereocenters. The van der Waals surface area contributed by atoms with Crippen molar-refractivity contribution in [2.24, 2.45) is 4.99 Å². The van der Waals surface area contributed by atoms with Crippen molar-refractivity contribution in [1.82, 2.24) is 14.9 Å². The number of rotatable bonds is 8. The van der Waals surface area contributed by atoms with Crippen LogP contribution < -0.4 is 4.90 Å². The van der Waals surface area contributed by atoms with Crippen LogP contribution >= 0.6 is 0 Å². The van der Waals surface area contributed by atoms with Gasteiger partial charge in [0.15, 0.2) is 0 Å². The fraction of sp³-hybridized carbons (Fsp3) is 0.185. The summed E-state index contributed by atoms with van der Waals surface area (Å²) in [6.45, 7) is 0.585. The molecule has 0 aliphatic heterocycles. The van der Waals surface area contributed by atoms with Crippen molar-refractivity contribution >= 4 is 40.0 Å². The zero-order valence-corrected chi connectivity index (χ0v) is 20.3. The van der Waals surface area contributed by atoms with Gasteiger partial charge in [0.05, 0.1) is 28.0 Å². The molecule has 2 aromatic heterocycles. The van der Waals surface area contributed by atoms with Crippen molar-refractivity contribution in [3.8, 4) is 5.88 Å². The summed E-state index contributed by atoms with van der Waals surface area (Å²) in [4.78, 5) is 38.8. The molecule has 0 aliphatic rings. The van der Waals surface area contributed by atoms with Gasteiger partial charge in [-0.15, -0.1) is 0 Å². The van der Waals surface area contributed by atoms with Gasteiger partial charge in [-0.25, -0.2) is 9.79 Å². The molecule has 9 nitrogen and oxygen atoms in total. The fourth-order valence-corrected chi connectivity index (χ4v) is 3.79. The molecule has 0 saturated carbocycles. The second kappa shape index (κ2) is 10.3. The number of hydrogen-bond acceptors (Lipinski definition) is 6. The van der Waals surface area contributed by atoms with Crippen molar-refractivity contribution in [2.45, 2.75) is 6.42 Å². The SMILES string of the molecule is CN(C)C(=O)CCN(C)c1ccc(N=C(c2ccccc2)c2c(O)[nH]c3cc(C(=O)O)cnc23)cc1. The molecular weight excluding hydrogens is 458 g/mol. The number of H-pyrrole nitrogens is 1. The molecule has 0 radical (unpaired) electrons. The Bertz CT molecular complexity index is 1430. The Morgan fingerprint density at radius 2 is 1.69 bits per heavy atom. The highest BCUT2D eigenvalue weighted by Crippen LogP contribution is 2.31. The van der Waals surface area contributed by atoms with E-state index in [1.165, 1.54) is 12.3 Å². The third-order valence-electron chi connectivity index (χ3n) is 5.84. The van der Waals surface area contributed by atoms with Gasteiger partial charge in [-0.05, 0) is 30.3 Å². The van der Waals surface area contributed by atoms with Crippen LogP contribution in [-0.2, 0) is 4.79 Å². The van der Waals surface area contributed by atoms with Crippen LogP contribution in [0.2, 0.25) is 0 Å². The number of benzene rings is 2. The van der Waals surface area contributed by atoms with Crippen LogP contribution in [-0.4, -0.2) is 70.4 Å². The molecule has 184 valence electrons. The Morgan fingerprint density at radius 3 is 2.33 bits per heavy atom. The summed E-state index contributed by atoms with van der Waals surface area (Å²) < 4.78 is 0. The second-order valence-corrected chi connectivity index (χ2v) is 8.58. The van der Waals surface area contributed by atoms with Gasteiger partial charge in [0.25, 0.3) is 0 Å². The van der Waals surface area contributed by atoms with E-state index in [-0.39, 0.29) is 17.4 Å². The molecule has 0 aliphatic carbocycles. The molecular formula is C27H27N5O4. The van der Waals surface area contributed by atoms with E-state index >= 15 is 0 Å². The summed E-state index contributed by atoms with van der Waals surface area (Å²) in [5.74, 6) is -1.18. The smallest absolute Gasteiger partial charge is 0.337 e. The molecule has 2 aromatic carbocycles. The molecule has 0 fully saturated rings. The average Bonchev–Trinajstić information content (AvgIpc) is 3.21. The summed E-state index contributed by atoms with van der Waals surface area (Å²) in [6.07, 6.45) is 1.67. The Labute approximate surface area is 208 Å². The number of fused-ring (bicyclic) bond motifs is 1. The van der Waals surface area contributed by atoms with Crippen molar-refractivity contribution in [3.63, 3.8) is 0 Å². The largest absolute Gasteiger partial charge is 0.494 e. The third-order valence-corrected chi connectivity index (χ3v) is 5.84. The number of carbonyl (C=O) groups is 2. The van der Waals surface area contributed by atoms with Crippen LogP contribution in [0, 0.1) is 0 Å². The first-order valence-corrected chi connectivity index (χ1v) is 11.3. The van der Waals surface area contributed by atoms with E-state index in [0.29, 0.717) is 41.0 Å². The number of amides is 1. The summed E-state index contributed by atoms with van der Waals surface area (Å²) in [7, 11) is 5.41. The van der Waals surface area contributed by atoms with Gasteiger partial charge in [-0.1, -0.05) is 30.3 Å². The molecule has 0 spiro atoms. The second-order valence-electron chi connectivity index (χ2n) is 8.58. The number of hydrogen-bond donors (Lipinski definition) is 3. The van der Waals surface area contributed by atoms with Crippen molar-refractivity contribution < 1.29 is 19.8 Å². The maximum absolute atomic E-state index is 11.9. The zero-order valence-electron chi connectivity index (χ0n) is 20.3. The molecule has 3 N–H and O–H groups in total. The summed E-state index contributed by atoms with van der Waals surface area (Å²) in [6, 6.07) is 18.4. The topological polar surface area (TPSA) is 122 Å². The van der Waals surface area contributed by atoms with E-state index in [4.69, 9.17) is 4.99 Å². The first kappa shape index (κ1) is 24.5. The van der Waals surface area contributed by atoms with Crippen LogP contribution in [0.3, 0.4) is 0 Å². The molecule has 1 amide bonds. The number of aromatic amines is 1. The molecule has 4 aromatic rings. The Hall–Kier alpha value is -4.66. The summed E-state index contributed by atoms with van der Waals surface area (Å²) >= 11 is 0. The van der Waals surface area contributed by atoms with Crippen LogP contribution in [0.1, 0.15) is 27.9 Å². The lowest BCUT2D eigenvalue weighted by molar-refractivity contribution is -0.128. The minimum atomic E-state index is -1.10. The standard InChI is InChI=1S/C27H27N5O4/c1-31(2)22(33)13-14-32(3)20-11-9-19(10-12-20)29-24(17-7-5-4-6-8-17)23-25-21(30-26(23)34)15-18(16-28-25)27(35)36/h4-12,15-16,30,34H,13-14H2,1-3H3,(H,35,36). The number of pyridine rings is 1. The number of aliphatic imine (C=N–C) groups is 1. The number of anilines is 1. The van der Waals surface area contributed by atoms with Gasteiger partial charge in [-0.3, -0.25) is 9.78 Å². The maximum atomic E-state index is 11.9. The molecule has 4 rings (SSSR count). The maximum Gasteiger partial charge on any atom is 0.337 e. The third kappa shape index (κ3) is 5.20. The van der Waals surface area contributed by atoms with Gasteiger partial charge in [0.1, 0.15) is 5.52 Å². The highest BCUT2D eigenvalue weighted by molar-refractivity contribution is 6.21. The molecule has 0 saturated heterocycles. The van der Waals surface area contributed by atoms with Crippen molar-refractivity contribution in [1.29, 1.82) is 0 Å². The summed E-state index contributed by atoms with van der Waals surface area (Å²) in [5, 5.41) is 20.1. The highest BCUT2D eigenvalue weighted by atomic mass is 16.4. The lowest BCUT2D eigenvalue weighted by Gasteiger charge is -2.20. The van der Waals surface area contributed by atoms with Gasteiger partial charge >= 0.3 is 5.97 Å². The number of carbonyl (C=O) groups excluding carboxylic acids is 1. The van der Waals surface area contributed by atoms with Gasteiger partial charge in [-0.2, -0.15) is 0 Å². The molecule has 2 heterocycles. The first-order valence-electron chi connectivity index (χ1n) is 11.3. The van der Waals surface area contributed by atoms with Crippen molar-refractivity contribution in [3.05, 3.63) is 83.6 Å². The lowest BCUT2D eigenvalue weighted by atomic mass is 10.0. The molecule has 36 heavy (non-hydrogen) atoms. The number of nitrogens with one attached hydrogen (secondary N) is 1. The first-order chi connectivity index (χ1) is 17.2. The van der Waals surface area contributed by atoms with E-state index in [1.807, 2.05) is 66.5 Å².